The molecule has 0 radical (unpaired) electrons. The molecule has 0 aliphatic rings. The molecule has 66 valence electrons. The molecule has 0 aromatic rings. The summed E-state index contributed by atoms with van der Waals surface area (Å²) in [6, 6.07) is 0. The zero-order valence-corrected chi connectivity index (χ0v) is 6.99. The number of allylic oxidation sites excluding steroid dienone is 1. The van der Waals surface area contributed by atoms with E-state index in [0.717, 1.165) is 6.26 Å². The van der Waals surface area contributed by atoms with Gasteiger partial charge in [0.15, 0.2) is 5.76 Å². The molecule has 0 aromatic carbocycles. The lowest BCUT2D eigenvalue weighted by Crippen LogP contribution is -1.99. The molecule has 0 fully saturated rings. The normalized spacial score (nSPS) is 10.3. The minimum absolute atomic E-state index is 0.109. The Morgan fingerprint density at radius 2 is 1.83 bits per heavy atom. The molecule has 12 heavy (non-hydrogen) atoms. The van der Waals surface area contributed by atoms with E-state index in [1.54, 1.807) is 0 Å². The summed E-state index contributed by atoms with van der Waals surface area (Å²) in [7, 11) is 0. The van der Waals surface area contributed by atoms with E-state index >= 15 is 0 Å². The van der Waals surface area contributed by atoms with Crippen LogP contribution < -0.4 is 0 Å². The summed E-state index contributed by atoms with van der Waals surface area (Å²) in [5.74, 6) is -0.868. The van der Waals surface area contributed by atoms with Gasteiger partial charge in [-0.25, -0.2) is 0 Å². The van der Waals surface area contributed by atoms with Gasteiger partial charge in [-0.2, -0.15) is 0 Å². The molecule has 0 saturated heterocycles. The first-order valence-electron chi connectivity index (χ1n) is 3.24. The molecular formula is C8H10O4. The second-order valence-corrected chi connectivity index (χ2v) is 1.93. The molecule has 0 aliphatic carbocycles. The predicted molar refractivity (Wildman–Crippen MR) is 41.8 cm³/mol. The fraction of sp³-hybridized carbons (Fsp3) is 0.250. The highest BCUT2D eigenvalue weighted by atomic mass is 16.6. The standard InChI is InChI=1S/C8H10O4/c1-4-8(12-7(3)10)5-11-6(2)9/h4-5H,1H2,2-3H3/b8-5+. The topological polar surface area (TPSA) is 52.6 Å². The maximum atomic E-state index is 10.4. The lowest BCUT2D eigenvalue weighted by atomic mass is 10.5. The smallest absolute Gasteiger partial charge is 0.308 e. The van der Waals surface area contributed by atoms with Crippen molar-refractivity contribution in [1.82, 2.24) is 0 Å². The molecule has 0 spiro atoms. The van der Waals surface area contributed by atoms with E-state index in [-0.39, 0.29) is 5.76 Å². The Morgan fingerprint density at radius 1 is 1.25 bits per heavy atom. The highest BCUT2D eigenvalue weighted by Gasteiger charge is 1.98. The van der Waals surface area contributed by atoms with Crippen molar-refractivity contribution in [3.8, 4) is 0 Å². The third kappa shape index (κ3) is 5.22. The van der Waals surface area contributed by atoms with Crippen LogP contribution in [0.2, 0.25) is 0 Å². The lowest BCUT2D eigenvalue weighted by Gasteiger charge is -1.99. The summed E-state index contributed by atoms with van der Waals surface area (Å²) in [4.78, 5) is 20.7. The molecule has 0 aliphatic heterocycles. The number of ether oxygens (including phenoxy) is 2. The van der Waals surface area contributed by atoms with Crippen molar-refractivity contribution in [1.29, 1.82) is 0 Å². The number of hydrogen-bond donors (Lipinski definition) is 0. The van der Waals surface area contributed by atoms with Gasteiger partial charge in [0.05, 0.1) is 0 Å². The zero-order valence-electron chi connectivity index (χ0n) is 6.99. The number of hydrogen-bond acceptors (Lipinski definition) is 4. The fourth-order valence-corrected chi connectivity index (χ4v) is 0.421. The molecule has 0 atom stereocenters. The molecule has 0 saturated carbocycles. The van der Waals surface area contributed by atoms with Crippen LogP contribution in [-0.2, 0) is 19.1 Å². The van der Waals surface area contributed by atoms with E-state index in [0.29, 0.717) is 0 Å². The maximum absolute atomic E-state index is 10.4. The highest BCUT2D eigenvalue weighted by molar-refractivity contribution is 5.68. The van der Waals surface area contributed by atoms with E-state index in [9.17, 15) is 9.59 Å². The van der Waals surface area contributed by atoms with E-state index < -0.39 is 11.9 Å². The van der Waals surface area contributed by atoms with Gasteiger partial charge in [-0.3, -0.25) is 9.59 Å². The van der Waals surface area contributed by atoms with Gasteiger partial charge in [0, 0.05) is 13.8 Å². The van der Waals surface area contributed by atoms with Gasteiger partial charge in [0.25, 0.3) is 0 Å². The lowest BCUT2D eigenvalue weighted by molar-refractivity contribution is -0.139. The van der Waals surface area contributed by atoms with Crippen LogP contribution in [0.3, 0.4) is 0 Å². The average Bonchev–Trinajstić information content (AvgIpc) is 1.97. The van der Waals surface area contributed by atoms with Crippen molar-refractivity contribution in [3.05, 3.63) is 24.7 Å². The van der Waals surface area contributed by atoms with Crippen LogP contribution >= 0.6 is 0 Å². The predicted octanol–water partition coefficient (Wildman–Crippen LogP) is 1.14. The van der Waals surface area contributed by atoms with Crippen LogP contribution in [0.5, 0.6) is 0 Å². The van der Waals surface area contributed by atoms with Gasteiger partial charge in [-0.1, -0.05) is 6.58 Å². The van der Waals surface area contributed by atoms with Crippen molar-refractivity contribution in [2.24, 2.45) is 0 Å². The second-order valence-electron chi connectivity index (χ2n) is 1.93. The highest BCUT2D eigenvalue weighted by Crippen LogP contribution is 1.99. The Hall–Kier alpha value is -1.58. The summed E-state index contributed by atoms with van der Waals surface area (Å²) in [5, 5.41) is 0. The minimum atomic E-state index is -0.492. The quantitative estimate of drug-likeness (QED) is 0.362. The van der Waals surface area contributed by atoms with E-state index in [1.165, 1.54) is 19.9 Å². The third-order valence-electron chi connectivity index (χ3n) is 0.804. The van der Waals surface area contributed by atoms with Crippen LogP contribution in [0.25, 0.3) is 0 Å². The SMILES string of the molecule is C=C/C(=C\OC(C)=O)OC(C)=O. The van der Waals surface area contributed by atoms with Gasteiger partial charge < -0.3 is 9.47 Å². The first kappa shape index (κ1) is 10.4. The van der Waals surface area contributed by atoms with Crippen molar-refractivity contribution < 1.29 is 19.1 Å². The Labute approximate surface area is 70.5 Å². The molecule has 0 aromatic heterocycles. The van der Waals surface area contributed by atoms with Gasteiger partial charge in [-0.05, 0) is 6.08 Å². The summed E-state index contributed by atoms with van der Waals surface area (Å²) in [5.41, 5.74) is 0. The summed E-state index contributed by atoms with van der Waals surface area (Å²) < 4.78 is 9.02. The van der Waals surface area contributed by atoms with Crippen LogP contribution in [0, 0.1) is 0 Å². The van der Waals surface area contributed by atoms with Gasteiger partial charge in [0.2, 0.25) is 0 Å². The fourth-order valence-electron chi connectivity index (χ4n) is 0.421. The van der Waals surface area contributed by atoms with E-state index in [4.69, 9.17) is 0 Å². The number of esters is 2. The maximum Gasteiger partial charge on any atom is 0.308 e. The third-order valence-corrected chi connectivity index (χ3v) is 0.804. The first-order chi connectivity index (χ1) is 5.56. The van der Waals surface area contributed by atoms with Crippen molar-refractivity contribution in [3.63, 3.8) is 0 Å². The Balaban J connectivity index is 4.13. The largest absolute Gasteiger partial charge is 0.431 e. The average molecular weight is 170 g/mol. The molecule has 0 N–H and O–H groups in total. The molecule has 0 heterocycles. The Kier molecular flexibility index (Phi) is 4.45. The number of carbonyl (C=O) groups excluding carboxylic acids is 2. The minimum Gasteiger partial charge on any atom is -0.431 e. The van der Waals surface area contributed by atoms with Crippen LogP contribution in [0.4, 0.5) is 0 Å². The molecule has 0 unspecified atom stereocenters. The van der Waals surface area contributed by atoms with E-state index in [2.05, 4.69) is 16.1 Å². The first-order valence-corrected chi connectivity index (χ1v) is 3.24. The van der Waals surface area contributed by atoms with Gasteiger partial charge in [0.1, 0.15) is 6.26 Å². The van der Waals surface area contributed by atoms with Crippen LogP contribution in [-0.4, -0.2) is 11.9 Å². The van der Waals surface area contributed by atoms with Gasteiger partial charge >= 0.3 is 11.9 Å². The molecular weight excluding hydrogens is 160 g/mol. The number of rotatable bonds is 3. The van der Waals surface area contributed by atoms with Crippen molar-refractivity contribution in [2.45, 2.75) is 13.8 Å². The Bertz CT molecular complexity index is 227. The summed E-state index contributed by atoms with van der Waals surface area (Å²) in [6.45, 7) is 5.84. The Morgan fingerprint density at radius 3 is 2.17 bits per heavy atom. The molecule has 4 heteroatoms. The monoisotopic (exact) mass is 170 g/mol. The van der Waals surface area contributed by atoms with Crippen molar-refractivity contribution in [2.75, 3.05) is 0 Å². The molecule has 0 amide bonds. The van der Waals surface area contributed by atoms with E-state index in [1.807, 2.05) is 0 Å². The summed E-state index contributed by atoms with van der Waals surface area (Å²) >= 11 is 0. The van der Waals surface area contributed by atoms with Crippen molar-refractivity contribution >= 4 is 11.9 Å². The zero-order chi connectivity index (χ0) is 9.56. The molecule has 4 nitrogen and oxygen atoms in total. The van der Waals surface area contributed by atoms with Gasteiger partial charge in [-0.15, -0.1) is 0 Å². The molecule has 0 rings (SSSR count). The summed E-state index contributed by atoms with van der Waals surface area (Å²) in [6.07, 6.45) is 2.29. The van der Waals surface area contributed by atoms with Crippen LogP contribution in [0.1, 0.15) is 13.8 Å². The molecule has 0 bridgehead atoms. The van der Waals surface area contributed by atoms with Crippen LogP contribution in [0.15, 0.2) is 24.7 Å². The number of carbonyl (C=O) groups is 2. The second kappa shape index (κ2) is 5.12.